The second-order valence-corrected chi connectivity index (χ2v) is 4.73. The molecule has 1 aromatic rings. The molecular formula is C15H20N2O4. The maximum atomic E-state index is 11.7. The van der Waals surface area contributed by atoms with Gasteiger partial charge in [-0.3, -0.25) is 0 Å². The van der Waals surface area contributed by atoms with Crippen LogP contribution < -0.4 is 10.6 Å². The summed E-state index contributed by atoms with van der Waals surface area (Å²) in [6.45, 7) is 8.55. The largest absolute Gasteiger partial charge is 0.478 e. The standard InChI is InChI=1S/C15H20N2O4/c1-10(2)9-21-7-6-16-15(20)17-13-8-12(14(18)19)5-4-11(13)3/h4-5,8H,1,6-7,9H2,2-3H3,(H,18,19)(H2,16,17,20). The molecule has 0 saturated heterocycles. The van der Waals surface area contributed by atoms with Crippen LogP contribution in [0.3, 0.4) is 0 Å². The Bertz CT molecular complexity index is 540. The van der Waals surface area contributed by atoms with Gasteiger partial charge in [-0.2, -0.15) is 0 Å². The summed E-state index contributed by atoms with van der Waals surface area (Å²) < 4.78 is 5.25. The highest BCUT2D eigenvalue weighted by atomic mass is 16.5. The molecule has 0 aliphatic carbocycles. The average molecular weight is 292 g/mol. The molecule has 0 aromatic heterocycles. The lowest BCUT2D eigenvalue weighted by Gasteiger charge is -2.11. The van der Waals surface area contributed by atoms with E-state index in [4.69, 9.17) is 9.84 Å². The molecule has 0 radical (unpaired) electrons. The fourth-order valence-corrected chi connectivity index (χ4v) is 1.54. The summed E-state index contributed by atoms with van der Waals surface area (Å²) >= 11 is 0. The van der Waals surface area contributed by atoms with E-state index in [1.165, 1.54) is 12.1 Å². The molecule has 0 heterocycles. The first kappa shape index (κ1) is 16.7. The molecule has 0 fully saturated rings. The van der Waals surface area contributed by atoms with Gasteiger partial charge in [0, 0.05) is 12.2 Å². The molecule has 0 aliphatic rings. The second kappa shape index (κ2) is 8.06. The Hall–Kier alpha value is -2.34. The van der Waals surface area contributed by atoms with Crippen LogP contribution in [0.4, 0.5) is 10.5 Å². The molecule has 6 heteroatoms. The summed E-state index contributed by atoms with van der Waals surface area (Å²) in [6, 6.07) is 4.16. The van der Waals surface area contributed by atoms with Crippen LogP contribution in [0.2, 0.25) is 0 Å². The quantitative estimate of drug-likeness (QED) is 0.532. The van der Waals surface area contributed by atoms with E-state index >= 15 is 0 Å². The van der Waals surface area contributed by atoms with Gasteiger partial charge in [-0.1, -0.05) is 18.2 Å². The number of aromatic carboxylic acids is 1. The third-order valence-corrected chi connectivity index (χ3v) is 2.61. The van der Waals surface area contributed by atoms with Crippen LogP contribution in [-0.2, 0) is 4.74 Å². The van der Waals surface area contributed by atoms with Gasteiger partial charge in [0.25, 0.3) is 0 Å². The van der Waals surface area contributed by atoms with Crippen molar-refractivity contribution in [3.8, 4) is 0 Å². The van der Waals surface area contributed by atoms with Crippen LogP contribution in [0.25, 0.3) is 0 Å². The van der Waals surface area contributed by atoms with Gasteiger partial charge in [0.1, 0.15) is 0 Å². The molecule has 2 amide bonds. The fraction of sp³-hybridized carbons (Fsp3) is 0.333. The zero-order valence-electron chi connectivity index (χ0n) is 12.2. The number of rotatable bonds is 7. The van der Waals surface area contributed by atoms with Crippen LogP contribution in [0, 0.1) is 6.92 Å². The Kier molecular flexibility index (Phi) is 6.42. The van der Waals surface area contributed by atoms with Gasteiger partial charge in [0.15, 0.2) is 0 Å². The molecule has 114 valence electrons. The molecule has 1 aromatic carbocycles. The first-order chi connectivity index (χ1) is 9.90. The van der Waals surface area contributed by atoms with E-state index in [0.29, 0.717) is 25.4 Å². The van der Waals surface area contributed by atoms with Crippen molar-refractivity contribution < 1.29 is 19.4 Å². The van der Waals surface area contributed by atoms with Crippen LogP contribution in [-0.4, -0.2) is 36.9 Å². The monoisotopic (exact) mass is 292 g/mol. The predicted molar refractivity (Wildman–Crippen MR) is 80.8 cm³/mol. The minimum absolute atomic E-state index is 0.126. The van der Waals surface area contributed by atoms with Gasteiger partial charge in [0.2, 0.25) is 0 Å². The van der Waals surface area contributed by atoms with Gasteiger partial charge in [0.05, 0.1) is 18.8 Å². The van der Waals surface area contributed by atoms with E-state index in [9.17, 15) is 9.59 Å². The number of amides is 2. The number of hydrogen-bond donors (Lipinski definition) is 3. The van der Waals surface area contributed by atoms with Gasteiger partial charge in [-0.15, -0.1) is 0 Å². The molecular weight excluding hydrogens is 272 g/mol. The Balaban J connectivity index is 2.45. The molecule has 3 N–H and O–H groups in total. The maximum absolute atomic E-state index is 11.7. The molecule has 0 saturated carbocycles. The summed E-state index contributed by atoms with van der Waals surface area (Å²) in [5, 5.41) is 14.2. The lowest BCUT2D eigenvalue weighted by molar-refractivity contribution is 0.0697. The Labute approximate surface area is 123 Å². The highest BCUT2D eigenvalue weighted by Gasteiger charge is 2.08. The van der Waals surface area contributed by atoms with E-state index in [1.54, 1.807) is 13.0 Å². The van der Waals surface area contributed by atoms with Crippen molar-refractivity contribution >= 4 is 17.7 Å². The molecule has 0 bridgehead atoms. The molecule has 6 nitrogen and oxygen atoms in total. The molecule has 0 aliphatic heterocycles. The molecule has 0 atom stereocenters. The number of nitrogens with one attached hydrogen (secondary N) is 2. The topological polar surface area (TPSA) is 87.7 Å². The summed E-state index contributed by atoms with van der Waals surface area (Å²) in [5.41, 5.74) is 2.30. The highest BCUT2D eigenvalue weighted by Crippen LogP contribution is 2.16. The number of benzene rings is 1. The predicted octanol–water partition coefficient (Wildman–Crippen LogP) is 2.41. The van der Waals surface area contributed by atoms with Gasteiger partial charge in [-0.25, -0.2) is 9.59 Å². The minimum atomic E-state index is -1.04. The SMILES string of the molecule is C=C(C)COCCNC(=O)Nc1cc(C(=O)O)ccc1C. The Morgan fingerprint density at radius 2 is 2.10 bits per heavy atom. The normalized spacial score (nSPS) is 10.0. The van der Waals surface area contributed by atoms with E-state index in [2.05, 4.69) is 17.2 Å². The smallest absolute Gasteiger partial charge is 0.335 e. The molecule has 0 spiro atoms. The third kappa shape index (κ3) is 6.09. The van der Waals surface area contributed by atoms with E-state index in [0.717, 1.165) is 11.1 Å². The number of carbonyl (C=O) groups is 2. The number of carboxylic acid groups (broad SMARTS) is 1. The fourth-order valence-electron chi connectivity index (χ4n) is 1.54. The molecule has 21 heavy (non-hydrogen) atoms. The van der Waals surface area contributed by atoms with Gasteiger partial charge in [-0.05, 0) is 31.5 Å². The number of carbonyl (C=O) groups excluding carboxylic acids is 1. The van der Waals surface area contributed by atoms with Crippen LogP contribution >= 0.6 is 0 Å². The zero-order valence-corrected chi connectivity index (χ0v) is 12.2. The summed E-state index contributed by atoms with van der Waals surface area (Å²) in [5.74, 6) is -1.04. The van der Waals surface area contributed by atoms with Crippen molar-refractivity contribution in [3.05, 3.63) is 41.5 Å². The maximum Gasteiger partial charge on any atom is 0.335 e. The lowest BCUT2D eigenvalue weighted by atomic mass is 10.1. The van der Waals surface area contributed by atoms with Crippen molar-refractivity contribution in [2.75, 3.05) is 25.1 Å². The van der Waals surface area contributed by atoms with Crippen molar-refractivity contribution in [1.82, 2.24) is 5.32 Å². The Morgan fingerprint density at radius 1 is 1.38 bits per heavy atom. The third-order valence-electron chi connectivity index (χ3n) is 2.61. The van der Waals surface area contributed by atoms with Crippen LogP contribution in [0.15, 0.2) is 30.4 Å². The second-order valence-electron chi connectivity index (χ2n) is 4.73. The zero-order chi connectivity index (χ0) is 15.8. The number of urea groups is 1. The van der Waals surface area contributed by atoms with Crippen molar-refractivity contribution in [3.63, 3.8) is 0 Å². The van der Waals surface area contributed by atoms with Crippen molar-refractivity contribution in [2.45, 2.75) is 13.8 Å². The van der Waals surface area contributed by atoms with E-state index in [1.807, 2.05) is 6.92 Å². The lowest BCUT2D eigenvalue weighted by Crippen LogP contribution is -2.32. The van der Waals surface area contributed by atoms with Gasteiger partial charge < -0.3 is 20.5 Å². The van der Waals surface area contributed by atoms with Crippen molar-refractivity contribution in [1.29, 1.82) is 0 Å². The molecule has 0 unspecified atom stereocenters. The number of anilines is 1. The van der Waals surface area contributed by atoms with E-state index < -0.39 is 12.0 Å². The average Bonchev–Trinajstić information content (AvgIpc) is 2.40. The minimum Gasteiger partial charge on any atom is -0.478 e. The summed E-state index contributed by atoms with van der Waals surface area (Å²) in [4.78, 5) is 22.6. The first-order valence-electron chi connectivity index (χ1n) is 6.51. The number of carboxylic acids is 1. The number of aryl methyl sites for hydroxylation is 1. The van der Waals surface area contributed by atoms with Crippen molar-refractivity contribution in [2.24, 2.45) is 0 Å². The summed E-state index contributed by atoms with van der Waals surface area (Å²) in [6.07, 6.45) is 0. The highest BCUT2D eigenvalue weighted by molar-refractivity contribution is 5.93. The van der Waals surface area contributed by atoms with Crippen LogP contribution in [0.1, 0.15) is 22.8 Å². The number of hydrogen-bond acceptors (Lipinski definition) is 3. The Morgan fingerprint density at radius 3 is 2.71 bits per heavy atom. The summed E-state index contributed by atoms with van der Waals surface area (Å²) in [7, 11) is 0. The first-order valence-corrected chi connectivity index (χ1v) is 6.51. The number of ether oxygens (including phenoxy) is 1. The molecule has 1 rings (SSSR count). The van der Waals surface area contributed by atoms with Gasteiger partial charge >= 0.3 is 12.0 Å². The van der Waals surface area contributed by atoms with Crippen LogP contribution in [0.5, 0.6) is 0 Å². The van der Waals surface area contributed by atoms with E-state index in [-0.39, 0.29) is 5.56 Å².